The second-order valence-electron chi connectivity index (χ2n) is 5.41. The summed E-state index contributed by atoms with van der Waals surface area (Å²) < 4.78 is 0. The molecule has 1 saturated carbocycles. The van der Waals surface area contributed by atoms with Gasteiger partial charge in [0.1, 0.15) is 17.9 Å². The van der Waals surface area contributed by atoms with Crippen LogP contribution in [0.4, 0.5) is 0 Å². The van der Waals surface area contributed by atoms with E-state index in [0.717, 1.165) is 19.1 Å². The number of rotatable bonds is 5. The fourth-order valence-electron chi connectivity index (χ4n) is 2.74. The molecule has 0 aromatic carbocycles. The van der Waals surface area contributed by atoms with Crippen LogP contribution >= 0.6 is 0 Å². The maximum atomic E-state index is 12.3. The first-order chi connectivity index (χ1) is 7.97. The molecule has 0 bridgehead atoms. The summed E-state index contributed by atoms with van der Waals surface area (Å²) in [5.41, 5.74) is 0. The summed E-state index contributed by atoms with van der Waals surface area (Å²) in [6.07, 6.45) is 3.80. The van der Waals surface area contributed by atoms with Crippen LogP contribution < -0.4 is 0 Å². The quantitative estimate of drug-likeness (QED) is 0.691. The van der Waals surface area contributed by atoms with E-state index in [9.17, 15) is 14.4 Å². The van der Waals surface area contributed by atoms with E-state index in [1.807, 2.05) is 6.92 Å². The number of hydrogen-bond donors (Lipinski definition) is 0. The lowest BCUT2D eigenvalue weighted by Gasteiger charge is -2.34. The molecule has 0 aromatic heterocycles. The van der Waals surface area contributed by atoms with Crippen LogP contribution in [-0.4, -0.2) is 17.9 Å². The van der Waals surface area contributed by atoms with Crippen molar-refractivity contribution in [3.63, 3.8) is 0 Å². The summed E-state index contributed by atoms with van der Waals surface area (Å²) in [6, 6.07) is 0. The van der Waals surface area contributed by atoms with Gasteiger partial charge < -0.3 is 9.59 Å². The molecule has 0 aromatic rings. The first-order valence-corrected chi connectivity index (χ1v) is 6.45. The van der Waals surface area contributed by atoms with Crippen molar-refractivity contribution in [3.05, 3.63) is 0 Å². The van der Waals surface area contributed by atoms with Crippen molar-refractivity contribution >= 4 is 17.9 Å². The van der Waals surface area contributed by atoms with E-state index in [1.165, 1.54) is 0 Å². The van der Waals surface area contributed by atoms with Gasteiger partial charge in [-0.3, -0.25) is 4.79 Å². The molecule has 3 heteroatoms. The van der Waals surface area contributed by atoms with Crippen molar-refractivity contribution in [3.8, 4) is 0 Å². The Hall–Kier alpha value is -0.990. The highest BCUT2D eigenvalue weighted by atomic mass is 16.1. The van der Waals surface area contributed by atoms with Crippen molar-refractivity contribution in [1.29, 1.82) is 0 Å². The second-order valence-corrected chi connectivity index (χ2v) is 5.41. The zero-order valence-corrected chi connectivity index (χ0v) is 10.9. The van der Waals surface area contributed by atoms with Gasteiger partial charge in [-0.25, -0.2) is 0 Å². The van der Waals surface area contributed by atoms with Gasteiger partial charge in [-0.1, -0.05) is 13.8 Å². The van der Waals surface area contributed by atoms with E-state index >= 15 is 0 Å². The van der Waals surface area contributed by atoms with Crippen LogP contribution in [0.1, 0.15) is 46.5 Å². The number of carbonyl (C=O) groups excluding carboxylic acids is 3. The zero-order chi connectivity index (χ0) is 13.0. The van der Waals surface area contributed by atoms with Gasteiger partial charge in [0.25, 0.3) is 0 Å². The third kappa shape index (κ3) is 3.48. The normalized spacial score (nSPS) is 31.0. The smallest absolute Gasteiger partial charge is 0.140 e. The van der Waals surface area contributed by atoms with E-state index < -0.39 is 0 Å². The molecule has 0 heterocycles. The molecular weight excluding hydrogens is 216 g/mol. The van der Waals surface area contributed by atoms with E-state index in [0.29, 0.717) is 18.8 Å². The van der Waals surface area contributed by atoms with Gasteiger partial charge >= 0.3 is 0 Å². The van der Waals surface area contributed by atoms with Crippen LogP contribution in [0.15, 0.2) is 0 Å². The Bertz CT molecular complexity index is 309. The topological polar surface area (TPSA) is 51.2 Å². The summed E-state index contributed by atoms with van der Waals surface area (Å²) >= 11 is 0. The molecule has 1 fully saturated rings. The molecule has 4 atom stereocenters. The molecule has 0 N–H and O–H groups in total. The highest BCUT2D eigenvalue weighted by molar-refractivity contribution is 5.87. The lowest BCUT2D eigenvalue weighted by atomic mass is 9.68. The van der Waals surface area contributed by atoms with Gasteiger partial charge in [0, 0.05) is 24.2 Å². The average molecular weight is 238 g/mol. The van der Waals surface area contributed by atoms with Crippen LogP contribution in [0.3, 0.4) is 0 Å². The van der Waals surface area contributed by atoms with Crippen LogP contribution in [0.25, 0.3) is 0 Å². The maximum Gasteiger partial charge on any atom is 0.140 e. The Morgan fingerprint density at radius 2 is 2.12 bits per heavy atom. The lowest BCUT2D eigenvalue weighted by Crippen LogP contribution is -2.37. The van der Waals surface area contributed by atoms with Crippen LogP contribution in [0.5, 0.6) is 0 Å². The largest absolute Gasteiger partial charge is 0.303 e. The van der Waals surface area contributed by atoms with Gasteiger partial charge in [0.05, 0.1) is 0 Å². The van der Waals surface area contributed by atoms with Gasteiger partial charge in [-0.15, -0.1) is 0 Å². The van der Waals surface area contributed by atoms with E-state index in [-0.39, 0.29) is 29.3 Å². The molecule has 0 saturated heterocycles. The van der Waals surface area contributed by atoms with Gasteiger partial charge in [0.15, 0.2) is 0 Å². The molecule has 0 amide bonds. The predicted molar refractivity (Wildman–Crippen MR) is 65.5 cm³/mol. The molecule has 3 nitrogen and oxygen atoms in total. The lowest BCUT2D eigenvalue weighted by molar-refractivity contribution is -0.135. The average Bonchev–Trinajstić information content (AvgIpc) is 2.27. The monoisotopic (exact) mass is 238 g/mol. The summed E-state index contributed by atoms with van der Waals surface area (Å²) in [4.78, 5) is 34.1. The van der Waals surface area contributed by atoms with Crippen LogP contribution in [0.2, 0.25) is 0 Å². The fourth-order valence-corrected chi connectivity index (χ4v) is 2.74. The minimum absolute atomic E-state index is 0.0277. The zero-order valence-electron chi connectivity index (χ0n) is 10.9. The maximum absolute atomic E-state index is 12.3. The van der Waals surface area contributed by atoms with Crippen LogP contribution in [0, 0.1) is 23.7 Å². The first-order valence-electron chi connectivity index (χ1n) is 6.45. The number of Topliss-reactive ketones (excluding diaryl/α,β-unsaturated/α-hetero) is 2. The third-order valence-corrected chi connectivity index (χ3v) is 4.01. The highest BCUT2D eigenvalue weighted by Crippen LogP contribution is 2.36. The third-order valence-electron chi connectivity index (χ3n) is 4.01. The van der Waals surface area contributed by atoms with Crippen molar-refractivity contribution < 1.29 is 14.4 Å². The minimum atomic E-state index is -0.185. The molecule has 1 aliphatic rings. The summed E-state index contributed by atoms with van der Waals surface area (Å²) in [5.74, 6) is 0.340. The molecule has 1 aliphatic carbocycles. The predicted octanol–water partition coefficient (Wildman–Crippen LogP) is 2.42. The Balaban J connectivity index is 2.69. The molecule has 0 unspecified atom stereocenters. The van der Waals surface area contributed by atoms with Gasteiger partial charge in [0.2, 0.25) is 0 Å². The number of ketones is 2. The van der Waals surface area contributed by atoms with E-state index in [4.69, 9.17) is 0 Å². The highest BCUT2D eigenvalue weighted by Gasteiger charge is 2.37. The van der Waals surface area contributed by atoms with Gasteiger partial charge in [-0.2, -0.15) is 0 Å². The van der Waals surface area contributed by atoms with Gasteiger partial charge in [-0.05, 0) is 32.1 Å². The van der Waals surface area contributed by atoms with Crippen molar-refractivity contribution in [2.45, 2.75) is 46.5 Å². The number of aldehydes is 1. The Morgan fingerprint density at radius 3 is 2.65 bits per heavy atom. The van der Waals surface area contributed by atoms with E-state index in [2.05, 4.69) is 6.92 Å². The summed E-state index contributed by atoms with van der Waals surface area (Å²) in [5, 5.41) is 0. The molecule has 0 radical (unpaired) electrons. The van der Waals surface area contributed by atoms with Crippen molar-refractivity contribution in [1.82, 2.24) is 0 Å². The Kier molecular flexibility index (Phi) is 5.03. The first kappa shape index (κ1) is 14.1. The second kappa shape index (κ2) is 6.08. The summed E-state index contributed by atoms with van der Waals surface area (Å²) in [6.45, 7) is 5.45. The molecule has 17 heavy (non-hydrogen) atoms. The standard InChI is InChI=1S/C14H22O3/c1-9-4-6-13(10(2)8-15)14(17)12(9)7-5-11(3)16/h8-10,12-13H,4-7H2,1-3H3/t9-,10+,12+,13+/m1/s1. The van der Waals surface area contributed by atoms with Crippen molar-refractivity contribution in [2.75, 3.05) is 0 Å². The van der Waals surface area contributed by atoms with Crippen molar-refractivity contribution in [2.24, 2.45) is 23.7 Å². The van der Waals surface area contributed by atoms with Crippen LogP contribution in [-0.2, 0) is 14.4 Å². The number of carbonyl (C=O) groups is 3. The summed E-state index contributed by atoms with van der Waals surface area (Å²) in [7, 11) is 0. The SMILES string of the molecule is CC(=O)CC[C@@H]1C(=O)[C@H]([C@@H](C)C=O)CC[C@H]1C. The number of hydrogen-bond acceptors (Lipinski definition) is 3. The molecule has 1 rings (SSSR count). The molecule has 0 aliphatic heterocycles. The Labute approximate surface area is 103 Å². The minimum Gasteiger partial charge on any atom is -0.303 e. The van der Waals surface area contributed by atoms with E-state index in [1.54, 1.807) is 6.92 Å². The fraction of sp³-hybridized carbons (Fsp3) is 0.786. The molecule has 0 spiro atoms. The molecular formula is C14H22O3. The molecule has 96 valence electrons. The Morgan fingerprint density at radius 1 is 1.47 bits per heavy atom.